The monoisotopic (exact) mass is 544 g/mol. The van der Waals surface area contributed by atoms with Gasteiger partial charge < -0.3 is 14.7 Å². The molecule has 0 unspecified atom stereocenters. The van der Waals surface area contributed by atoms with Crippen molar-refractivity contribution in [3.05, 3.63) is 83.9 Å². The molecular weight excluding hydrogens is 514 g/mol. The molecule has 3 aromatic rings. The van der Waals surface area contributed by atoms with Crippen molar-refractivity contribution in [2.24, 2.45) is 5.92 Å². The van der Waals surface area contributed by atoms with E-state index in [4.69, 9.17) is 4.74 Å². The fourth-order valence-corrected chi connectivity index (χ4v) is 6.31. The minimum Gasteiger partial charge on any atom is -0.487 e. The summed E-state index contributed by atoms with van der Waals surface area (Å²) >= 11 is 0. The number of amides is 1. The SMILES string of the molecule is C[C@@H]1CN([C@H](C)CO)S(=O)(=O)c2ccc(-c3cccc(F)c3)cc2O[C@@H]1CN(C)C(=O)c1cccc(F)c1. The van der Waals surface area contributed by atoms with Crippen LogP contribution in [0.4, 0.5) is 8.78 Å². The van der Waals surface area contributed by atoms with Gasteiger partial charge in [0, 0.05) is 31.1 Å². The standard InChI is InChI=1S/C28H30F2N2O5S/c1-18-15-32(19(2)17-33)38(35,36)27-11-10-21(20-6-4-8-23(29)12-20)14-25(27)37-26(18)16-31(3)28(34)22-7-5-9-24(30)13-22/h4-14,18-19,26,33H,15-17H2,1-3H3/t18-,19-,26-/m1/s1. The summed E-state index contributed by atoms with van der Waals surface area (Å²) in [7, 11) is -2.49. The Hall–Kier alpha value is -3.34. The topological polar surface area (TPSA) is 87.2 Å². The molecule has 3 aromatic carbocycles. The molecule has 202 valence electrons. The molecule has 0 fully saturated rings. The van der Waals surface area contributed by atoms with Crippen LogP contribution in [-0.4, -0.2) is 67.5 Å². The minimum atomic E-state index is -4.06. The number of aliphatic hydroxyl groups is 1. The summed E-state index contributed by atoms with van der Waals surface area (Å²) in [6.07, 6.45) is -0.650. The molecule has 1 heterocycles. The zero-order valence-corrected chi connectivity index (χ0v) is 22.2. The molecule has 1 aliphatic rings. The third-order valence-electron chi connectivity index (χ3n) is 6.70. The van der Waals surface area contributed by atoms with Crippen LogP contribution in [0.5, 0.6) is 5.75 Å². The Labute approximate surface area is 221 Å². The van der Waals surface area contributed by atoms with Crippen molar-refractivity contribution in [1.29, 1.82) is 0 Å². The molecule has 38 heavy (non-hydrogen) atoms. The number of halogens is 2. The van der Waals surface area contributed by atoms with Gasteiger partial charge in [-0.1, -0.05) is 31.2 Å². The lowest BCUT2D eigenvalue weighted by molar-refractivity contribution is 0.0563. The molecule has 0 aromatic heterocycles. The van der Waals surface area contributed by atoms with Crippen molar-refractivity contribution in [3.63, 3.8) is 0 Å². The van der Waals surface area contributed by atoms with E-state index in [1.54, 1.807) is 45.2 Å². The van der Waals surface area contributed by atoms with Crippen LogP contribution in [0.2, 0.25) is 0 Å². The first-order valence-electron chi connectivity index (χ1n) is 12.2. The average molecular weight is 545 g/mol. The lowest BCUT2D eigenvalue weighted by Gasteiger charge is -2.37. The second kappa shape index (κ2) is 11.2. The smallest absolute Gasteiger partial charge is 0.253 e. The van der Waals surface area contributed by atoms with Gasteiger partial charge in [-0.05, 0) is 60.5 Å². The fourth-order valence-electron chi connectivity index (χ4n) is 4.49. The lowest BCUT2D eigenvalue weighted by Crippen LogP contribution is -2.50. The van der Waals surface area contributed by atoms with Crippen LogP contribution < -0.4 is 4.74 Å². The van der Waals surface area contributed by atoms with Gasteiger partial charge in [0.25, 0.3) is 5.91 Å². The van der Waals surface area contributed by atoms with E-state index in [1.165, 1.54) is 45.6 Å². The first-order valence-corrected chi connectivity index (χ1v) is 13.7. The second-order valence-electron chi connectivity index (χ2n) is 9.61. The molecule has 1 amide bonds. The maximum absolute atomic E-state index is 13.9. The molecule has 0 aliphatic carbocycles. The van der Waals surface area contributed by atoms with Crippen molar-refractivity contribution in [2.45, 2.75) is 30.9 Å². The number of likely N-dealkylation sites (N-methyl/N-ethyl adjacent to an activating group) is 1. The van der Waals surface area contributed by atoms with Crippen molar-refractivity contribution in [3.8, 4) is 16.9 Å². The molecule has 0 saturated carbocycles. The number of benzene rings is 3. The highest BCUT2D eigenvalue weighted by Gasteiger charge is 2.38. The summed E-state index contributed by atoms with van der Waals surface area (Å²) in [4.78, 5) is 14.3. The normalized spacial score (nSPS) is 19.9. The zero-order chi connectivity index (χ0) is 27.6. The van der Waals surface area contributed by atoms with E-state index in [0.29, 0.717) is 11.1 Å². The Morgan fingerprint density at radius 2 is 1.74 bits per heavy atom. The lowest BCUT2D eigenvalue weighted by atomic mass is 10.0. The van der Waals surface area contributed by atoms with Crippen molar-refractivity contribution >= 4 is 15.9 Å². The second-order valence-corrected chi connectivity index (χ2v) is 11.5. The molecule has 7 nitrogen and oxygen atoms in total. The molecular formula is C28H30F2N2O5S. The summed E-state index contributed by atoms with van der Waals surface area (Å²) in [5.41, 5.74) is 1.27. The molecule has 1 N–H and O–H groups in total. The Morgan fingerprint density at radius 1 is 1.08 bits per heavy atom. The molecule has 3 atom stereocenters. The summed E-state index contributed by atoms with van der Waals surface area (Å²) in [5.74, 6) is -1.71. The zero-order valence-electron chi connectivity index (χ0n) is 21.3. The average Bonchev–Trinajstić information content (AvgIpc) is 2.89. The number of fused-ring (bicyclic) bond motifs is 1. The quantitative estimate of drug-likeness (QED) is 0.503. The Balaban J connectivity index is 1.75. The van der Waals surface area contributed by atoms with Crippen LogP contribution in [-0.2, 0) is 10.0 Å². The first-order chi connectivity index (χ1) is 18.0. The third kappa shape index (κ3) is 5.72. The fraction of sp³-hybridized carbons (Fsp3) is 0.321. The summed E-state index contributed by atoms with van der Waals surface area (Å²) in [6, 6.07) is 15.1. The van der Waals surface area contributed by atoms with Gasteiger partial charge in [0.1, 0.15) is 28.4 Å². The summed E-state index contributed by atoms with van der Waals surface area (Å²) in [5, 5.41) is 9.81. The van der Waals surface area contributed by atoms with E-state index in [-0.39, 0.29) is 35.9 Å². The van der Waals surface area contributed by atoms with Gasteiger partial charge in [-0.2, -0.15) is 4.31 Å². The highest BCUT2D eigenvalue weighted by Crippen LogP contribution is 2.36. The van der Waals surface area contributed by atoms with Gasteiger partial charge in [0.2, 0.25) is 10.0 Å². The van der Waals surface area contributed by atoms with E-state index in [1.807, 2.05) is 0 Å². The number of hydrogen-bond donors (Lipinski definition) is 1. The Morgan fingerprint density at radius 3 is 2.39 bits per heavy atom. The first kappa shape index (κ1) is 27.7. The van der Waals surface area contributed by atoms with Crippen LogP contribution >= 0.6 is 0 Å². The highest BCUT2D eigenvalue weighted by atomic mass is 32.2. The summed E-state index contributed by atoms with van der Waals surface area (Å²) < 4.78 is 62.4. The van der Waals surface area contributed by atoms with Crippen molar-refractivity contribution in [2.75, 3.05) is 26.7 Å². The number of nitrogens with zero attached hydrogens (tertiary/aromatic N) is 2. The van der Waals surface area contributed by atoms with Crippen LogP contribution in [0.25, 0.3) is 11.1 Å². The number of carbonyl (C=O) groups excluding carboxylic acids is 1. The number of aliphatic hydroxyl groups excluding tert-OH is 1. The van der Waals surface area contributed by atoms with Gasteiger partial charge in [0.05, 0.1) is 13.2 Å². The van der Waals surface area contributed by atoms with E-state index in [9.17, 15) is 27.1 Å². The number of hydrogen-bond acceptors (Lipinski definition) is 5. The molecule has 0 saturated heterocycles. The van der Waals surface area contributed by atoms with Crippen molar-refractivity contribution < 1.29 is 31.8 Å². The predicted octanol–water partition coefficient (Wildman–Crippen LogP) is 4.17. The van der Waals surface area contributed by atoms with Crippen LogP contribution in [0.3, 0.4) is 0 Å². The van der Waals surface area contributed by atoms with Crippen LogP contribution in [0.1, 0.15) is 24.2 Å². The maximum Gasteiger partial charge on any atom is 0.253 e. The van der Waals surface area contributed by atoms with Crippen LogP contribution in [0, 0.1) is 17.6 Å². The number of ether oxygens (including phenoxy) is 1. The van der Waals surface area contributed by atoms with E-state index >= 15 is 0 Å². The predicted molar refractivity (Wildman–Crippen MR) is 139 cm³/mol. The van der Waals surface area contributed by atoms with Gasteiger partial charge >= 0.3 is 0 Å². The van der Waals surface area contributed by atoms with Gasteiger partial charge in [-0.15, -0.1) is 0 Å². The maximum atomic E-state index is 13.9. The van der Waals surface area contributed by atoms with Gasteiger partial charge in [-0.3, -0.25) is 4.79 Å². The summed E-state index contributed by atoms with van der Waals surface area (Å²) in [6.45, 7) is 3.16. The highest BCUT2D eigenvalue weighted by molar-refractivity contribution is 7.89. The number of rotatable bonds is 6. The van der Waals surface area contributed by atoms with Crippen LogP contribution in [0.15, 0.2) is 71.6 Å². The third-order valence-corrected chi connectivity index (χ3v) is 8.72. The number of sulfonamides is 1. The van der Waals surface area contributed by atoms with E-state index in [0.717, 1.165) is 6.07 Å². The Kier molecular flexibility index (Phi) is 8.15. The largest absolute Gasteiger partial charge is 0.487 e. The molecule has 1 aliphatic heterocycles. The van der Waals surface area contributed by atoms with Crippen molar-refractivity contribution in [1.82, 2.24) is 9.21 Å². The molecule has 10 heteroatoms. The molecule has 0 radical (unpaired) electrons. The minimum absolute atomic E-state index is 0.0435. The van der Waals surface area contributed by atoms with Gasteiger partial charge in [0.15, 0.2) is 0 Å². The number of carbonyl (C=O) groups is 1. The molecule has 4 rings (SSSR count). The Bertz CT molecular complexity index is 1430. The van der Waals surface area contributed by atoms with E-state index < -0.39 is 45.6 Å². The molecule has 0 spiro atoms. The van der Waals surface area contributed by atoms with E-state index in [2.05, 4.69) is 0 Å². The van der Waals surface area contributed by atoms with Gasteiger partial charge in [-0.25, -0.2) is 17.2 Å². The molecule has 0 bridgehead atoms.